The van der Waals surface area contributed by atoms with Crippen LogP contribution >= 0.6 is 0 Å². The summed E-state index contributed by atoms with van der Waals surface area (Å²) in [6.45, 7) is 7.05. The number of rotatable bonds is 4. The van der Waals surface area contributed by atoms with Crippen molar-refractivity contribution >= 4 is 6.09 Å². The highest BCUT2D eigenvalue weighted by atomic mass is 19.4. The first-order chi connectivity index (χ1) is 13.9. The second kappa shape index (κ2) is 7.02. The highest BCUT2D eigenvalue weighted by Gasteiger charge is 2.78. The van der Waals surface area contributed by atoms with Crippen molar-refractivity contribution in [3.8, 4) is 5.88 Å². The van der Waals surface area contributed by atoms with Crippen LogP contribution in [0.4, 0.5) is 18.0 Å². The molecule has 1 aliphatic heterocycles. The summed E-state index contributed by atoms with van der Waals surface area (Å²) in [6.07, 6.45) is -2.30. The predicted octanol–water partition coefficient (Wildman–Crippen LogP) is 5.31. The molecule has 0 radical (unpaired) electrons. The van der Waals surface area contributed by atoms with Crippen molar-refractivity contribution in [1.29, 1.82) is 0 Å². The van der Waals surface area contributed by atoms with Crippen molar-refractivity contribution in [2.75, 3.05) is 19.7 Å². The van der Waals surface area contributed by atoms with Gasteiger partial charge in [-0.15, -0.1) is 0 Å². The number of hydrogen-bond acceptors (Lipinski definition) is 4. The van der Waals surface area contributed by atoms with E-state index in [0.29, 0.717) is 25.6 Å². The van der Waals surface area contributed by atoms with Crippen LogP contribution in [0, 0.1) is 10.8 Å². The molecule has 3 aliphatic carbocycles. The van der Waals surface area contributed by atoms with Crippen LogP contribution in [-0.4, -0.2) is 47.5 Å². The smallest absolute Gasteiger partial charge is 0.410 e. The maximum atomic E-state index is 13.0. The molecule has 0 spiro atoms. The number of alkyl halides is 3. The number of likely N-dealkylation sites (tertiary alicyclic amines) is 1. The topological polar surface area (TPSA) is 51.7 Å². The summed E-state index contributed by atoms with van der Waals surface area (Å²) in [5.41, 5.74) is -1.39. The third-order valence-electron chi connectivity index (χ3n) is 6.58. The van der Waals surface area contributed by atoms with Crippen LogP contribution in [0.5, 0.6) is 5.88 Å². The third-order valence-corrected chi connectivity index (χ3v) is 6.58. The maximum Gasteiger partial charge on any atom is 0.410 e. The number of carbonyl (C=O) groups is 1. The van der Waals surface area contributed by atoms with E-state index < -0.39 is 17.2 Å². The number of nitrogens with zero attached hydrogens (tertiary/aromatic N) is 2. The molecule has 1 saturated heterocycles. The molecule has 1 amide bonds. The van der Waals surface area contributed by atoms with E-state index in [9.17, 15) is 18.0 Å². The number of hydrogen-bond donors (Lipinski definition) is 0. The van der Waals surface area contributed by atoms with Crippen molar-refractivity contribution in [3.63, 3.8) is 0 Å². The largest absolute Gasteiger partial charge is 0.477 e. The molecule has 8 heteroatoms. The number of piperidine rings is 1. The maximum absolute atomic E-state index is 13.0. The Bertz CT molecular complexity index is 791. The molecule has 4 fully saturated rings. The second-order valence-electron chi connectivity index (χ2n) is 10.2. The van der Waals surface area contributed by atoms with Gasteiger partial charge in [0.2, 0.25) is 5.88 Å². The molecule has 3 saturated carbocycles. The highest BCUT2D eigenvalue weighted by Crippen LogP contribution is 2.78. The van der Waals surface area contributed by atoms with Crippen molar-refractivity contribution in [3.05, 3.63) is 23.9 Å². The minimum absolute atomic E-state index is 0.173. The molecule has 166 valence electrons. The predicted molar refractivity (Wildman–Crippen MR) is 104 cm³/mol. The SMILES string of the molecule is CC(C)(C)OC(=O)N1CCC(c2cccc(OCC34CC(C(F)(F)F)(C3)C4)n2)CC1. The van der Waals surface area contributed by atoms with Gasteiger partial charge in [0.25, 0.3) is 0 Å². The van der Waals surface area contributed by atoms with Crippen LogP contribution < -0.4 is 4.74 Å². The lowest BCUT2D eigenvalue weighted by molar-refractivity contribution is -0.367. The van der Waals surface area contributed by atoms with E-state index in [-0.39, 0.29) is 36.7 Å². The first-order valence-electron chi connectivity index (χ1n) is 10.5. The number of aromatic nitrogens is 1. The van der Waals surface area contributed by atoms with Gasteiger partial charge in [-0.05, 0) is 58.9 Å². The summed E-state index contributed by atoms with van der Waals surface area (Å²) in [6, 6.07) is 5.57. The van der Waals surface area contributed by atoms with E-state index in [1.807, 2.05) is 32.9 Å². The molecule has 0 atom stereocenters. The van der Waals surface area contributed by atoms with Crippen molar-refractivity contribution < 1.29 is 27.4 Å². The number of halogens is 3. The Hall–Kier alpha value is -1.99. The average molecular weight is 426 g/mol. The van der Waals surface area contributed by atoms with Gasteiger partial charge in [0.05, 0.1) is 12.0 Å². The van der Waals surface area contributed by atoms with Gasteiger partial charge in [-0.25, -0.2) is 9.78 Å². The van der Waals surface area contributed by atoms with Crippen LogP contribution in [0.15, 0.2) is 18.2 Å². The highest BCUT2D eigenvalue weighted by molar-refractivity contribution is 5.68. The summed E-state index contributed by atoms with van der Waals surface area (Å²) < 4.78 is 50.2. The Morgan fingerprint density at radius 1 is 1.17 bits per heavy atom. The molecular formula is C22H29F3N2O3. The van der Waals surface area contributed by atoms with Crippen molar-refractivity contribution in [1.82, 2.24) is 9.88 Å². The first kappa shape index (κ1) is 21.2. The molecule has 1 aromatic heterocycles. The molecule has 2 heterocycles. The van der Waals surface area contributed by atoms with E-state index in [2.05, 4.69) is 4.98 Å². The molecule has 2 bridgehead atoms. The van der Waals surface area contributed by atoms with Crippen LogP contribution in [0.3, 0.4) is 0 Å². The quantitative estimate of drug-likeness (QED) is 0.655. The van der Waals surface area contributed by atoms with Gasteiger partial charge in [-0.2, -0.15) is 13.2 Å². The number of pyridine rings is 1. The molecule has 4 aliphatic rings. The fourth-order valence-electron chi connectivity index (χ4n) is 5.10. The zero-order chi connectivity index (χ0) is 21.8. The minimum Gasteiger partial charge on any atom is -0.477 e. The van der Waals surface area contributed by atoms with Crippen LogP contribution in [-0.2, 0) is 4.74 Å². The summed E-state index contributed by atoms with van der Waals surface area (Å²) in [4.78, 5) is 18.5. The van der Waals surface area contributed by atoms with Gasteiger partial charge in [0.1, 0.15) is 5.60 Å². The summed E-state index contributed by atoms with van der Waals surface area (Å²) >= 11 is 0. The van der Waals surface area contributed by atoms with Gasteiger partial charge >= 0.3 is 12.3 Å². The zero-order valence-electron chi connectivity index (χ0n) is 17.7. The zero-order valence-corrected chi connectivity index (χ0v) is 17.7. The van der Waals surface area contributed by atoms with Gasteiger partial charge < -0.3 is 14.4 Å². The van der Waals surface area contributed by atoms with Gasteiger partial charge in [-0.3, -0.25) is 0 Å². The third kappa shape index (κ3) is 3.97. The molecule has 0 aromatic carbocycles. The van der Waals surface area contributed by atoms with Gasteiger partial charge in [0.15, 0.2) is 0 Å². The molecule has 0 unspecified atom stereocenters. The second-order valence-corrected chi connectivity index (χ2v) is 10.2. The minimum atomic E-state index is -4.10. The van der Waals surface area contributed by atoms with E-state index in [4.69, 9.17) is 9.47 Å². The van der Waals surface area contributed by atoms with Crippen LogP contribution in [0.25, 0.3) is 0 Å². The molecule has 5 nitrogen and oxygen atoms in total. The molecular weight excluding hydrogens is 397 g/mol. The Balaban J connectivity index is 1.27. The van der Waals surface area contributed by atoms with E-state index in [1.54, 1.807) is 11.0 Å². The fraction of sp³-hybridized carbons (Fsp3) is 0.727. The lowest BCUT2D eigenvalue weighted by Crippen LogP contribution is -2.69. The van der Waals surface area contributed by atoms with Crippen LogP contribution in [0.2, 0.25) is 0 Å². The van der Waals surface area contributed by atoms with E-state index >= 15 is 0 Å². The van der Waals surface area contributed by atoms with Crippen molar-refractivity contribution in [2.45, 2.75) is 70.6 Å². The van der Waals surface area contributed by atoms with Crippen LogP contribution in [0.1, 0.15) is 64.5 Å². The molecule has 5 rings (SSSR count). The molecule has 0 N–H and O–H groups in total. The summed E-state index contributed by atoms with van der Waals surface area (Å²) in [7, 11) is 0. The van der Waals surface area contributed by atoms with Gasteiger partial charge in [0, 0.05) is 36.2 Å². The van der Waals surface area contributed by atoms with Crippen molar-refractivity contribution in [2.24, 2.45) is 10.8 Å². The first-order valence-corrected chi connectivity index (χ1v) is 10.5. The normalized spacial score (nSPS) is 29.1. The Kier molecular flexibility index (Phi) is 4.97. The Labute approximate surface area is 174 Å². The number of ether oxygens (including phenoxy) is 2. The lowest BCUT2D eigenvalue weighted by atomic mass is 9.35. The lowest BCUT2D eigenvalue weighted by Gasteiger charge is -2.70. The van der Waals surface area contributed by atoms with E-state index in [0.717, 1.165) is 18.5 Å². The molecule has 30 heavy (non-hydrogen) atoms. The van der Waals surface area contributed by atoms with Gasteiger partial charge in [-0.1, -0.05) is 6.07 Å². The fourth-order valence-corrected chi connectivity index (χ4v) is 5.10. The number of amides is 1. The summed E-state index contributed by atoms with van der Waals surface area (Å²) in [5.74, 6) is 0.684. The molecule has 1 aromatic rings. The standard InChI is InChI=1S/C22H29F3N2O3/c1-19(2,3)30-18(28)27-9-7-15(8-10-27)16-5-4-6-17(26-16)29-14-20-11-21(12-20,13-20)22(23,24)25/h4-6,15H,7-14H2,1-3H3. The Morgan fingerprint density at radius 3 is 2.37 bits per heavy atom. The van der Waals surface area contributed by atoms with E-state index in [1.165, 1.54) is 0 Å². The summed E-state index contributed by atoms with van der Waals surface area (Å²) in [5, 5.41) is 0. The number of carbonyl (C=O) groups excluding carboxylic acids is 1. The average Bonchev–Trinajstić information content (AvgIpc) is 2.57. The Morgan fingerprint density at radius 2 is 1.80 bits per heavy atom. The monoisotopic (exact) mass is 426 g/mol.